The van der Waals surface area contributed by atoms with Gasteiger partial charge in [-0.1, -0.05) is 18.2 Å². The van der Waals surface area contributed by atoms with Crippen LogP contribution in [0.15, 0.2) is 42.5 Å². The summed E-state index contributed by atoms with van der Waals surface area (Å²) >= 11 is 0. The molecule has 0 radical (unpaired) electrons. The molecule has 2 aliphatic rings. The van der Waals surface area contributed by atoms with Gasteiger partial charge in [-0.25, -0.2) is 4.79 Å². The Morgan fingerprint density at radius 2 is 2.00 bits per heavy atom. The lowest BCUT2D eigenvalue weighted by molar-refractivity contribution is 0.177. The van der Waals surface area contributed by atoms with Crippen molar-refractivity contribution in [2.24, 2.45) is 0 Å². The monoisotopic (exact) mass is 368 g/mol. The number of methoxy groups -OCH3 is 2. The number of hydrogen-bond donors (Lipinski definition) is 0. The highest BCUT2D eigenvalue weighted by molar-refractivity contribution is 5.91. The van der Waals surface area contributed by atoms with Crippen LogP contribution in [0.4, 0.5) is 10.5 Å². The topological polar surface area (TPSA) is 51.2 Å². The first-order chi connectivity index (χ1) is 13.2. The van der Waals surface area contributed by atoms with E-state index in [9.17, 15) is 4.79 Å². The van der Waals surface area contributed by atoms with E-state index < -0.39 is 0 Å². The second-order valence-corrected chi connectivity index (χ2v) is 6.91. The van der Waals surface area contributed by atoms with Gasteiger partial charge in [-0.2, -0.15) is 0 Å². The fourth-order valence-corrected chi connectivity index (χ4v) is 3.88. The highest BCUT2D eigenvalue weighted by Gasteiger charge is 2.37. The molecule has 2 heterocycles. The number of para-hydroxylation sites is 1. The number of hydrogen-bond acceptors (Lipinski definition) is 5. The summed E-state index contributed by atoms with van der Waals surface area (Å²) in [7, 11) is 3.36. The van der Waals surface area contributed by atoms with Crippen molar-refractivity contribution in [2.75, 3.05) is 32.3 Å². The Morgan fingerprint density at radius 1 is 1.15 bits per heavy atom. The number of rotatable bonds is 4. The van der Waals surface area contributed by atoms with Crippen LogP contribution in [0.2, 0.25) is 0 Å². The zero-order valence-electron chi connectivity index (χ0n) is 15.7. The van der Waals surface area contributed by atoms with Crippen molar-refractivity contribution < 1.29 is 19.0 Å². The standard InChI is InChI=1S/C21H24N2O4/c1-25-18-7-8-19-16(11-18)13-22(10-9-17-14-27-21(24)23(17)19)12-15-5-3-4-6-20(15)26-2/h3-8,11,17H,9-10,12-14H2,1-2H3. The highest BCUT2D eigenvalue weighted by atomic mass is 16.6. The number of cyclic esters (lactones) is 1. The van der Waals surface area contributed by atoms with E-state index in [1.165, 1.54) is 0 Å². The predicted molar refractivity (Wildman–Crippen MR) is 102 cm³/mol. The maximum absolute atomic E-state index is 12.3. The Balaban J connectivity index is 1.67. The van der Waals surface area contributed by atoms with Crippen molar-refractivity contribution in [3.05, 3.63) is 53.6 Å². The van der Waals surface area contributed by atoms with Crippen LogP contribution in [0.3, 0.4) is 0 Å². The maximum atomic E-state index is 12.3. The number of benzene rings is 2. The van der Waals surface area contributed by atoms with E-state index in [0.29, 0.717) is 6.61 Å². The Morgan fingerprint density at radius 3 is 2.81 bits per heavy atom. The van der Waals surface area contributed by atoms with Crippen molar-refractivity contribution in [3.8, 4) is 11.5 Å². The van der Waals surface area contributed by atoms with Gasteiger partial charge in [0.05, 0.1) is 25.9 Å². The summed E-state index contributed by atoms with van der Waals surface area (Å²) in [5.41, 5.74) is 3.13. The molecule has 0 aromatic heterocycles. The van der Waals surface area contributed by atoms with Crippen molar-refractivity contribution >= 4 is 11.8 Å². The quantitative estimate of drug-likeness (QED) is 0.828. The normalized spacial score (nSPS) is 19.6. The minimum atomic E-state index is -0.260. The Bertz CT molecular complexity index is 839. The van der Waals surface area contributed by atoms with Crippen LogP contribution >= 0.6 is 0 Å². The summed E-state index contributed by atoms with van der Waals surface area (Å²) in [5, 5.41) is 0. The third kappa shape index (κ3) is 3.45. The molecule has 1 amide bonds. The van der Waals surface area contributed by atoms with E-state index in [0.717, 1.165) is 54.4 Å². The molecule has 142 valence electrons. The number of nitrogens with zero attached hydrogens (tertiary/aromatic N) is 2. The molecule has 2 aromatic carbocycles. The van der Waals surface area contributed by atoms with Gasteiger partial charge in [0, 0.05) is 25.2 Å². The van der Waals surface area contributed by atoms with Gasteiger partial charge >= 0.3 is 6.09 Å². The van der Waals surface area contributed by atoms with Gasteiger partial charge in [0.15, 0.2) is 0 Å². The van der Waals surface area contributed by atoms with Crippen LogP contribution in [0.5, 0.6) is 11.5 Å². The van der Waals surface area contributed by atoms with Crippen LogP contribution in [0, 0.1) is 0 Å². The van der Waals surface area contributed by atoms with E-state index in [-0.39, 0.29) is 12.1 Å². The van der Waals surface area contributed by atoms with Gasteiger partial charge in [-0.05, 0) is 36.2 Å². The number of amides is 1. The molecule has 1 atom stereocenters. The van der Waals surface area contributed by atoms with Crippen LogP contribution in [0.1, 0.15) is 17.5 Å². The molecule has 2 aliphatic heterocycles. The molecular formula is C21H24N2O4. The van der Waals surface area contributed by atoms with Crippen molar-refractivity contribution in [2.45, 2.75) is 25.6 Å². The molecule has 0 saturated carbocycles. The van der Waals surface area contributed by atoms with Crippen LogP contribution in [-0.2, 0) is 17.8 Å². The van der Waals surface area contributed by atoms with E-state index in [1.54, 1.807) is 19.1 Å². The summed E-state index contributed by atoms with van der Waals surface area (Å²) in [6, 6.07) is 14.0. The van der Waals surface area contributed by atoms with E-state index in [2.05, 4.69) is 11.0 Å². The number of ether oxygens (including phenoxy) is 3. The molecular weight excluding hydrogens is 344 g/mol. The van der Waals surface area contributed by atoms with E-state index >= 15 is 0 Å². The summed E-state index contributed by atoms with van der Waals surface area (Å²) in [4.78, 5) is 16.5. The lowest BCUT2D eigenvalue weighted by Gasteiger charge is -2.32. The SMILES string of the molecule is COc1ccc2c(c1)CN(Cc1ccccc1OC)CCC1COC(=O)N21. The summed E-state index contributed by atoms with van der Waals surface area (Å²) in [6.07, 6.45) is 0.608. The Hall–Kier alpha value is -2.73. The Labute approximate surface area is 159 Å². The zero-order chi connectivity index (χ0) is 18.8. The first-order valence-corrected chi connectivity index (χ1v) is 9.16. The van der Waals surface area contributed by atoms with Crippen LogP contribution < -0.4 is 14.4 Å². The molecule has 1 unspecified atom stereocenters. The minimum Gasteiger partial charge on any atom is -0.497 e. The third-order valence-electron chi connectivity index (χ3n) is 5.27. The van der Waals surface area contributed by atoms with Crippen LogP contribution in [0.25, 0.3) is 0 Å². The number of carbonyl (C=O) groups is 1. The van der Waals surface area contributed by atoms with Crippen LogP contribution in [-0.4, -0.2) is 44.4 Å². The predicted octanol–water partition coefficient (Wildman–Crippen LogP) is 3.43. The largest absolute Gasteiger partial charge is 0.497 e. The molecule has 0 bridgehead atoms. The second kappa shape index (κ2) is 7.48. The molecule has 27 heavy (non-hydrogen) atoms. The van der Waals surface area contributed by atoms with Gasteiger partial charge in [0.1, 0.15) is 18.1 Å². The first-order valence-electron chi connectivity index (χ1n) is 9.16. The second-order valence-electron chi connectivity index (χ2n) is 6.91. The maximum Gasteiger partial charge on any atom is 0.414 e. The fourth-order valence-electron chi connectivity index (χ4n) is 3.88. The van der Waals surface area contributed by atoms with Crippen molar-refractivity contribution in [1.82, 2.24) is 4.90 Å². The van der Waals surface area contributed by atoms with Gasteiger partial charge in [-0.15, -0.1) is 0 Å². The lowest BCUT2D eigenvalue weighted by atomic mass is 10.0. The highest BCUT2D eigenvalue weighted by Crippen LogP contribution is 2.34. The van der Waals surface area contributed by atoms with Gasteiger partial charge in [0.25, 0.3) is 0 Å². The summed E-state index contributed by atoms with van der Waals surface area (Å²) < 4.78 is 16.3. The fraction of sp³-hybridized carbons (Fsp3) is 0.381. The molecule has 1 saturated heterocycles. The summed E-state index contributed by atoms with van der Waals surface area (Å²) in [5.74, 6) is 1.68. The Kier molecular flexibility index (Phi) is 4.90. The summed E-state index contributed by atoms with van der Waals surface area (Å²) in [6.45, 7) is 2.81. The van der Waals surface area contributed by atoms with Gasteiger partial charge in [0.2, 0.25) is 0 Å². The minimum absolute atomic E-state index is 0.0603. The van der Waals surface area contributed by atoms with Crippen molar-refractivity contribution in [1.29, 1.82) is 0 Å². The molecule has 6 nitrogen and oxygen atoms in total. The molecule has 0 aliphatic carbocycles. The zero-order valence-corrected chi connectivity index (χ0v) is 15.7. The van der Waals surface area contributed by atoms with Gasteiger partial charge in [-0.3, -0.25) is 9.80 Å². The number of fused-ring (bicyclic) bond motifs is 3. The average molecular weight is 368 g/mol. The first kappa shape index (κ1) is 17.7. The van der Waals surface area contributed by atoms with Crippen molar-refractivity contribution in [3.63, 3.8) is 0 Å². The molecule has 2 aromatic rings. The smallest absolute Gasteiger partial charge is 0.414 e. The number of anilines is 1. The van der Waals surface area contributed by atoms with E-state index in [1.807, 2.05) is 36.4 Å². The van der Waals surface area contributed by atoms with E-state index in [4.69, 9.17) is 14.2 Å². The number of carbonyl (C=O) groups excluding carboxylic acids is 1. The third-order valence-corrected chi connectivity index (χ3v) is 5.27. The van der Waals surface area contributed by atoms with Gasteiger partial charge < -0.3 is 14.2 Å². The molecule has 1 fully saturated rings. The molecule has 0 N–H and O–H groups in total. The molecule has 6 heteroatoms. The average Bonchev–Trinajstić information content (AvgIpc) is 3.04. The molecule has 4 rings (SSSR count). The lowest BCUT2D eigenvalue weighted by Crippen LogP contribution is -2.40. The molecule has 0 spiro atoms.